The number of fused-ring (bicyclic) bond motifs is 2. The zero-order chi connectivity index (χ0) is 24.3. The molecule has 6 heteroatoms. The van der Waals surface area contributed by atoms with Gasteiger partial charge in [0.05, 0.1) is 5.92 Å². The molecule has 1 aliphatic heterocycles. The summed E-state index contributed by atoms with van der Waals surface area (Å²) in [5, 5.41) is 9.19. The van der Waals surface area contributed by atoms with E-state index in [2.05, 4.69) is 36.7 Å². The first kappa shape index (κ1) is 24.9. The van der Waals surface area contributed by atoms with Crippen LogP contribution in [0.1, 0.15) is 96.5 Å². The molecule has 34 heavy (non-hydrogen) atoms. The predicted octanol–water partition coefficient (Wildman–Crippen LogP) is 4.90. The van der Waals surface area contributed by atoms with Crippen LogP contribution in [0.25, 0.3) is 0 Å². The maximum Gasteiger partial charge on any atom is 0.234 e. The third-order valence-electron chi connectivity index (χ3n) is 9.35. The van der Waals surface area contributed by atoms with Crippen LogP contribution in [0.4, 0.5) is 5.69 Å². The van der Waals surface area contributed by atoms with Crippen LogP contribution in [0.3, 0.4) is 0 Å². The molecule has 0 aromatic heterocycles. The molecule has 0 spiro atoms. The molecule has 2 bridgehead atoms. The summed E-state index contributed by atoms with van der Waals surface area (Å²) in [4.78, 5) is 35.6. The van der Waals surface area contributed by atoms with E-state index in [9.17, 15) is 14.4 Å². The monoisotopic (exact) mass is 467 g/mol. The van der Waals surface area contributed by atoms with Gasteiger partial charge in [-0.2, -0.15) is 0 Å². The standard InChI is InChI=1S/C28H41N3O3/c1-27(2)20-15-16-28(27,3)23(18-20)29-17-7-5-4-6-8-24(32)30-21-11-9-19(10-12-21)22-13-14-25(33)31-26(22)34/h9-12,20,22-23,29H,4-8,13-18H2,1-3H3,(H,30,32)(H,31,33,34)/t20-,22?,23+,28+/m1/s1. The third kappa shape index (κ3) is 5.07. The van der Waals surface area contributed by atoms with Crippen molar-refractivity contribution in [2.75, 3.05) is 11.9 Å². The highest BCUT2D eigenvalue weighted by molar-refractivity contribution is 6.01. The molecule has 6 nitrogen and oxygen atoms in total. The molecule has 2 aliphatic carbocycles. The van der Waals surface area contributed by atoms with Crippen LogP contribution in [0.5, 0.6) is 0 Å². The van der Waals surface area contributed by atoms with Crippen LogP contribution >= 0.6 is 0 Å². The molecule has 1 saturated heterocycles. The van der Waals surface area contributed by atoms with E-state index < -0.39 is 0 Å². The number of benzene rings is 1. The smallest absolute Gasteiger partial charge is 0.234 e. The van der Waals surface area contributed by atoms with Crippen molar-refractivity contribution in [3.05, 3.63) is 29.8 Å². The first-order valence-corrected chi connectivity index (χ1v) is 13.2. The molecule has 1 aromatic rings. The molecule has 4 rings (SSSR count). The minimum Gasteiger partial charge on any atom is -0.326 e. The van der Waals surface area contributed by atoms with Gasteiger partial charge in [0, 0.05) is 24.6 Å². The van der Waals surface area contributed by atoms with E-state index in [0.717, 1.165) is 43.0 Å². The maximum absolute atomic E-state index is 12.3. The Hall–Kier alpha value is -2.21. The molecule has 1 unspecified atom stereocenters. The Morgan fingerprint density at radius 3 is 2.41 bits per heavy atom. The minimum absolute atomic E-state index is 0.0315. The van der Waals surface area contributed by atoms with E-state index in [1.807, 2.05) is 24.3 Å². The van der Waals surface area contributed by atoms with Gasteiger partial charge in [-0.25, -0.2) is 0 Å². The number of amides is 3. The molecule has 4 atom stereocenters. The van der Waals surface area contributed by atoms with Crippen molar-refractivity contribution in [3.63, 3.8) is 0 Å². The summed E-state index contributed by atoms with van der Waals surface area (Å²) in [6.45, 7) is 8.49. The van der Waals surface area contributed by atoms with Gasteiger partial charge in [-0.1, -0.05) is 45.7 Å². The predicted molar refractivity (Wildman–Crippen MR) is 134 cm³/mol. The Bertz CT molecular complexity index is 910. The van der Waals surface area contributed by atoms with Crippen LogP contribution < -0.4 is 16.0 Å². The lowest BCUT2D eigenvalue weighted by Crippen LogP contribution is -2.44. The molecular weight excluding hydrogens is 426 g/mol. The molecular formula is C28H41N3O3. The lowest BCUT2D eigenvalue weighted by atomic mass is 9.69. The second kappa shape index (κ2) is 10.2. The van der Waals surface area contributed by atoms with Gasteiger partial charge in [-0.05, 0) is 79.5 Å². The van der Waals surface area contributed by atoms with E-state index in [4.69, 9.17) is 0 Å². The summed E-state index contributed by atoms with van der Waals surface area (Å²) in [6, 6.07) is 8.05. The van der Waals surface area contributed by atoms with Crippen LogP contribution in [0.15, 0.2) is 24.3 Å². The van der Waals surface area contributed by atoms with Gasteiger partial charge >= 0.3 is 0 Å². The fourth-order valence-corrected chi connectivity index (χ4v) is 6.59. The first-order chi connectivity index (χ1) is 16.2. The SMILES string of the molecule is CC1(C)[C@@H]2CC[C@@]1(C)[C@@H](NCCCCCCC(=O)Nc1ccc(C3CCC(=O)NC3=O)cc1)C2. The minimum atomic E-state index is -0.296. The summed E-state index contributed by atoms with van der Waals surface area (Å²) in [5.74, 6) is 0.165. The first-order valence-electron chi connectivity index (χ1n) is 13.2. The largest absolute Gasteiger partial charge is 0.326 e. The number of anilines is 1. The van der Waals surface area contributed by atoms with Crippen molar-refractivity contribution >= 4 is 23.4 Å². The van der Waals surface area contributed by atoms with Gasteiger partial charge < -0.3 is 10.6 Å². The summed E-state index contributed by atoms with van der Waals surface area (Å²) in [7, 11) is 0. The Morgan fingerprint density at radius 2 is 1.76 bits per heavy atom. The molecule has 3 aliphatic rings. The highest BCUT2D eigenvalue weighted by Gasteiger charge is 2.60. The topological polar surface area (TPSA) is 87.3 Å². The number of imide groups is 1. The van der Waals surface area contributed by atoms with Gasteiger partial charge in [0.1, 0.15) is 0 Å². The highest BCUT2D eigenvalue weighted by atomic mass is 16.2. The van der Waals surface area contributed by atoms with Crippen LogP contribution in [0, 0.1) is 16.7 Å². The van der Waals surface area contributed by atoms with Crippen molar-refractivity contribution in [2.24, 2.45) is 16.7 Å². The Morgan fingerprint density at radius 1 is 1.03 bits per heavy atom. The number of carbonyl (C=O) groups excluding carboxylic acids is 3. The van der Waals surface area contributed by atoms with E-state index >= 15 is 0 Å². The average molecular weight is 468 g/mol. The van der Waals surface area contributed by atoms with Gasteiger partial charge in [-0.15, -0.1) is 0 Å². The number of carbonyl (C=O) groups is 3. The molecule has 2 saturated carbocycles. The zero-order valence-corrected chi connectivity index (χ0v) is 21.0. The third-order valence-corrected chi connectivity index (χ3v) is 9.35. The number of nitrogens with one attached hydrogen (secondary N) is 3. The molecule has 1 heterocycles. The number of unbranched alkanes of at least 4 members (excludes halogenated alkanes) is 3. The Labute approximate surface area is 204 Å². The fraction of sp³-hybridized carbons (Fsp3) is 0.679. The van der Waals surface area contributed by atoms with Crippen molar-refractivity contribution in [2.45, 2.75) is 96.9 Å². The fourth-order valence-electron chi connectivity index (χ4n) is 6.59. The van der Waals surface area contributed by atoms with Crippen molar-refractivity contribution < 1.29 is 14.4 Å². The van der Waals surface area contributed by atoms with E-state index in [-0.39, 0.29) is 23.6 Å². The quantitative estimate of drug-likeness (QED) is 0.337. The normalized spacial score (nSPS) is 29.8. The Kier molecular flexibility index (Phi) is 7.46. The summed E-state index contributed by atoms with van der Waals surface area (Å²) >= 11 is 0. The van der Waals surface area contributed by atoms with Gasteiger partial charge in [0.2, 0.25) is 17.7 Å². The lowest BCUT2D eigenvalue weighted by molar-refractivity contribution is -0.134. The highest BCUT2D eigenvalue weighted by Crippen LogP contribution is 2.65. The maximum atomic E-state index is 12.3. The van der Waals surface area contributed by atoms with Crippen molar-refractivity contribution in [1.82, 2.24) is 10.6 Å². The molecule has 1 aromatic carbocycles. The molecule has 186 valence electrons. The molecule has 0 radical (unpaired) electrons. The second-order valence-corrected chi connectivity index (χ2v) is 11.5. The van der Waals surface area contributed by atoms with Crippen LogP contribution in [-0.2, 0) is 14.4 Å². The van der Waals surface area contributed by atoms with Crippen molar-refractivity contribution in [1.29, 1.82) is 0 Å². The van der Waals surface area contributed by atoms with Gasteiger partial charge in [-0.3, -0.25) is 19.7 Å². The van der Waals surface area contributed by atoms with Crippen molar-refractivity contribution in [3.8, 4) is 0 Å². The summed E-state index contributed by atoms with van der Waals surface area (Å²) in [6.07, 6.45) is 9.80. The van der Waals surface area contributed by atoms with E-state index in [1.54, 1.807) is 0 Å². The van der Waals surface area contributed by atoms with Gasteiger partial charge in [0.25, 0.3) is 0 Å². The lowest BCUT2D eigenvalue weighted by Gasteiger charge is -2.39. The zero-order valence-electron chi connectivity index (χ0n) is 21.0. The second-order valence-electron chi connectivity index (χ2n) is 11.5. The molecule has 3 N–H and O–H groups in total. The number of rotatable bonds is 10. The van der Waals surface area contributed by atoms with Gasteiger partial charge in [0.15, 0.2) is 0 Å². The van der Waals surface area contributed by atoms with E-state index in [0.29, 0.717) is 36.1 Å². The Balaban J connectivity index is 1.09. The van der Waals surface area contributed by atoms with Crippen LogP contribution in [-0.4, -0.2) is 30.3 Å². The average Bonchev–Trinajstić information content (AvgIpc) is 3.13. The number of hydrogen-bond acceptors (Lipinski definition) is 4. The number of piperidine rings is 1. The number of hydrogen-bond donors (Lipinski definition) is 3. The summed E-state index contributed by atoms with van der Waals surface area (Å²) < 4.78 is 0. The van der Waals surface area contributed by atoms with Crippen LogP contribution in [0.2, 0.25) is 0 Å². The summed E-state index contributed by atoms with van der Waals surface area (Å²) in [5.41, 5.74) is 2.52. The molecule has 3 amide bonds. The van der Waals surface area contributed by atoms with E-state index in [1.165, 1.54) is 25.7 Å². The molecule has 3 fully saturated rings.